The molecular formula is C12H18O4. The zero-order chi connectivity index (χ0) is 11.3. The highest BCUT2D eigenvalue weighted by Crippen LogP contribution is 2.62. The van der Waals surface area contributed by atoms with Crippen molar-refractivity contribution >= 4 is 5.97 Å². The lowest BCUT2D eigenvalue weighted by Crippen LogP contribution is -2.41. The van der Waals surface area contributed by atoms with Gasteiger partial charge < -0.3 is 14.6 Å². The van der Waals surface area contributed by atoms with Gasteiger partial charge in [-0.1, -0.05) is 0 Å². The quantitative estimate of drug-likeness (QED) is 0.788. The van der Waals surface area contributed by atoms with Crippen LogP contribution in [0.1, 0.15) is 32.1 Å². The number of hydrogen-bond acceptors (Lipinski definition) is 3. The second kappa shape index (κ2) is 3.44. The second-order valence-electron chi connectivity index (χ2n) is 5.40. The summed E-state index contributed by atoms with van der Waals surface area (Å²) in [4.78, 5) is 11.2. The number of carboxylic acids is 1. The number of carboxylic acid groups (broad SMARTS) is 1. The normalized spacial score (nSPS) is 40.9. The first-order chi connectivity index (χ1) is 7.67. The highest BCUT2D eigenvalue weighted by Gasteiger charge is 2.63. The van der Waals surface area contributed by atoms with Gasteiger partial charge in [0.15, 0.2) is 6.10 Å². The molecule has 0 aromatic heterocycles. The van der Waals surface area contributed by atoms with Crippen molar-refractivity contribution in [2.24, 2.45) is 11.3 Å². The Hall–Kier alpha value is -0.610. The number of methoxy groups -OCH3 is 1. The molecule has 3 rings (SSSR count). The molecule has 0 amide bonds. The predicted octanol–water partition coefficient (Wildman–Crippen LogP) is 1.43. The maximum absolute atomic E-state index is 11.2. The molecule has 4 atom stereocenters. The van der Waals surface area contributed by atoms with E-state index < -0.39 is 12.1 Å². The number of carbonyl (C=O) groups is 1. The van der Waals surface area contributed by atoms with Gasteiger partial charge in [0.05, 0.1) is 12.2 Å². The molecule has 4 heteroatoms. The van der Waals surface area contributed by atoms with Crippen molar-refractivity contribution in [1.29, 1.82) is 0 Å². The topological polar surface area (TPSA) is 55.8 Å². The molecule has 1 N–H and O–H groups in total. The minimum absolute atomic E-state index is 0.125. The fourth-order valence-corrected chi connectivity index (χ4v) is 3.80. The van der Waals surface area contributed by atoms with Gasteiger partial charge in [0.1, 0.15) is 0 Å². The fraction of sp³-hybridized carbons (Fsp3) is 0.917. The summed E-state index contributed by atoms with van der Waals surface area (Å²) in [6, 6.07) is 0. The summed E-state index contributed by atoms with van der Waals surface area (Å²) in [7, 11) is 1.51. The van der Waals surface area contributed by atoms with Crippen LogP contribution in [-0.2, 0) is 14.3 Å². The monoisotopic (exact) mass is 226 g/mol. The summed E-state index contributed by atoms with van der Waals surface area (Å²) in [5.41, 5.74) is -0.125. The van der Waals surface area contributed by atoms with Crippen LogP contribution < -0.4 is 0 Å². The maximum atomic E-state index is 11.2. The van der Waals surface area contributed by atoms with Crippen molar-refractivity contribution < 1.29 is 19.4 Å². The summed E-state index contributed by atoms with van der Waals surface area (Å²) in [5, 5.41) is 9.21. The average Bonchev–Trinajstić information content (AvgIpc) is 2.75. The minimum atomic E-state index is -0.817. The van der Waals surface area contributed by atoms with Crippen LogP contribution in [0.4, 0.5) is 0 Å². The first-order valence-electron chi connectivity index (χ1n) is 6.08. The number of ether oxygens (including phenoxy) is 2. The molecule has 90 valence electrons. The van der Waals surface area contributed by atoms with E-state index in [1.165, 1.54) is 7.11 Å². The molecule has 0 spiro atoms. The first-order valence-corrected chi connectivity index (χ1v) is 6.08. The minimum Gasteiger partial charge on any atom is -0.479 e. The predicted molar refractivity (Wildman–Crippen MR) is 56.1 cm³/mol. The lowest BCUT2D eigenvalue weighted by molar-refractivity contribution is -0.155. The van der Waals surface area contributed by atoms with Crippen LogP contribution in [0.3, 0.4) is 0 Å². The summed E-state index contributed by atoms with van der Waals surface area (Å²) < 4.78 is 11.0. The van der Waals surface area contributed by atoms with Gasteiger partial charge >= 0.3 is 5.97 Å². The van der Waals surface area contributed by atoms with Crippen molar-refractivity contribution in [3.8, 4) is 0 Å². The van der Waals surface area contributed by atoms with E-state index in [-0.39, 0.29) is 5.41 Å². The van der Waals surface area contributed by atoms with Gasteiger partial charge in [-0.25, -0.2) is 4.79 Å². The highest BCUT2D eigenvalue weighted by atomic mass is 16.5. The fourth-order valence-electron chi connectivity index (χ4n) is 3.80. The van der Waals surface area contributed by atoms with E-state index in [4.69, 9.17) is 9.47 Å². The van der Waals surface area contributed by atoms with Crippen LogP contribution >= 0.6 is 0 Å². The van der Waals surface area contributed by atoms with Crippen LogP contribution in [0.2, 0.25) is 0 Å². The van der Waals surface area contributed by atoms with E-state index >= 15 is 0 Å². The Kier molecular flexibility index (Phi) is 2.27. The summed E-state index contributed by atoms with van der Waals surface area (Å²) in [6.07, 6.45) is 5.31. The van der Waals surface area contributed by atoms with E-state index in [9.17, 15) is 9.90 Å². The van der Waals surface area contributed by atoms with Crippen molar-refractivity contribution in [2.75, 3.05) is 7.11 Å². The van der Waals surface area contributed by atoms with E-state index in [0.717, 1.165) is 32.1 Å². The Bertz CT molecular complexity index is 310. The van der Waals surface area contributed by atoms with Gasteiger partial charge in [-0.2, -0.15) is 0 Å². The maximum Gasteiger partial charge on any atom is 0.333 e. The van der Waals surface area contributed by atoms with Crippen molar-refractivity contribution in [2.45, 2.75) is 50.4 Å². The standard InChI is InChI=1S/C12H18O4/c1-15-10(11(13)14)12(4-5-12)8-6-7-2-3-9(8)16-7/h7-10H,2-6H2,1H3,(H,13,14). The lowest BCUT2D eigenvalue weighted by Gasteiger charge is -2.32. The molecule has 2 bridgehead atoms. The molecular weight excluding hydrogens is 208 g/mol. The van der Waals surface area contributed by atoms with Crippen molar-refractivity contribution in [3.63, 3.8) is 0 Å². The Balaban J connectivity index is 1.80. The summed E-state index contributed by atoms with van der Waals surface area (Å²) in [5.74, 6) is -0.407. The van der Waals surface area contributed by atoms with Crippen molar-refractivity contribution in [3.05, 3.63) is 0 Å². The molecule has 0 aromatic rings. The van der Waals surface area contributed by atoms with Crippen LogP contribution in [0.5, 0.6) is 0 Å². The van der Waals surface area contributed by atoms with Gasteiger partial charge in [0.2, 0.25) is 0 Å². The number of fused-ring (bicyclic) bond motifs is 2. The van der Waals surface area contributed by atoms with E-state index in [0.29, 0.717) is 18.1 Å². The van der Waals surface area contributed by atoms with E-state index in [1.54, 1.807) is 0 Å². The Morgan fingerprint density at radius 1 is 1.50 bits per heavy atom. The van der Waals surface area contributed by atoms with Crippen LogP contribution in [0, 0.1) is 11.3 Å². The molecule has 4 nitrogen and oxygen atoms in total. The molecule has 16 heavy (non-hydrogen) atoms. The molecule has 2 heterocycles. The van der Waals surface area contributed by atoms with Gasteiger partial charge in [0, 0.05) is 12.5 Å². The Labute approximate surface area is 94.9 Å². The smallest absolute Gasteiger partial charge is 0.333 e. The molecule has 1 saturated carbocycles. The molecule has 0 aromatic carbocycles. The zero-order valence-corrected chi connectivity index (χ0v) is 9.52. The highest BCUT2D eigenvalue weighted by molar-refractivity contribution is 5.74. The molecule has 2 aliphatic heterocycles. The zero-order valence-electron chi connectivity index (χ0n) is 9.52. The largest absolute Gasteiger partial charge is 0.479 e. The van der Waals surface area contributed by atoms with Crippen LogP contribution in [0.25, 0.3) is 0 Å². The third-order valence-corrected chi connectivity index (χ3v) is 4.65. The van der Waals surface area contributed by atoms with Gasteiger partial charge in [-0.05, 0) is 38.0 Å². The SMILES string of the molecule is COC(C(=O)O)C1(C2CC3CCC2O3)CC1. The van der Waals surface area contributed by atoms with Crippen LogP contribution in [-0.4, -0.2) is 36.5 Å². The third kappa shape index (κ3) is 1.32. The van der Waals surface area contributed by atoms with Crippen LogP contribution in [0.15, 0.2) is 0 Å². The molecule has 4 unspecified atom stereocenters. The van der Waals surface area contributed by atoms with E-state index in [1.807, 2.05) is 0 Å². The molecule has 3 aliphatic rings. The van der Waals surface area contributed by atoms with Gasteiger partial charge in [0.25, 0.3) is 0 Å². The Morgan fingerprint density at radius 2 is 2.25 bits per heavy atom. The Morgan fingerprint density at radius 3 is 2.62 bits per heavy atom. The summed E-state index contributed by atoms with van der Waals surface area (Å²) in [6.45, 7) is 0. The number of hydrogen-bond donors (Lipinski definition) is 1. The first kappa shape index (κ1) is 10.5. The average molecular weight is 226 g/mol. The third-order valence-electron chi connectivity index (χ3n) is 4.65. The molecule has 1 aliphatic carbocycles. The van der Waals surface area contributed by atoms with Gasteiger partial charge in [-0.3, -0.25) is 0 Å². The summed E-state index contributed by atoms with van der Waals surface area (Å²) >= 11 is 0. The second-order valence-corrected chi connectivity index (χ2v) is 5.40. The van der Waals surface area contributed by atoms with E-state index in [2.05, 4.69) is 0 Å². The molecule has 2 saturated heterocycles. The number of aliphatic carboxylic acids is 1. The lowest BCUT2D eigenvalue weighted by atomic mass is 9.74. The number of rotatable bonds is 4. The van der Waals surface area contributed by atoms with Gasteiger partial charge in [-0.15, -0.1) is 0 Å². The molecule has 0 radical (unpaired) electrons. The van der Waals surface area contributed by atoms with Crippen molar-refractivity contribution in [1.82, 2.24) is 0 Å². The molecule has 3 fully saturated rings.